The molecule has 0 saturated carbocycles. The number of benzene rings is 2. The topological polar surface area (TPSA) is 0 Å². The van der Waals surface area contributed by atoms with Crippen molar-refractivity contribution in [3.8, 4) is 0 Å². The molecule has 0 aromatic heterocycles. The molecule has 0 heterocycles. The van der Waals surface area contributed by atoms with Gasteiger partial charge in [0.05, 0.1) is 0 Å². The van der Waals surface area contributed by atoms with Crippen LogP contribution in [0.1, 0.15) is 81.3 Å². The summed E-state index contributed by atoms with van der Waals surface area (Å²) < 4.78 is 0. The van der Waals surface area contributed by atoms with Crippen molar-refractivity contribution in [1.82, 2.24) is 0 Å². The number of aryl methyl sites for hydroxylation is 1. The standard InChI is InChI=1S/C21H21.C10H15.Hf/c1-15(16-6-3-2-4-7-16)14-19-13-12-18-11-10-17-8-5-9-20(17)21(18)19;1-6-7(2)9(4)10(5)8(6)3;/h2-4,6-7,10-11,15H,5,8-9,12,14H2,1H3;1-5H3;/q2*-1;. The molecular weight excluding hydrogens is 551 g/mol. The first kappa shape index (κ1) is 25.0. The van der Waals surface area contributed by atoms with Crippen molar-refractivity contribution in [3.63, 3.8) is 0 Å². The predicted molar refractivity (Wildman–Crippen MR) is 134 cm³/mol. The van der Waals surface area contributed by atoms with Crippen molar-refractivity contribution in [2.24, 2.45) is 0 Å². The molecule has 0 N–H and O–H groups in total. The van der Waals surface area contributed by atoms with E-state index in [-0.39, 0.29) is 25.8 Å². The minimum atomic E-state index is 0. The Morgan fingerprint density at radius 2 is 1.50 bits per heavy atom. The summed E-state index contributed by atoms with van der Waals surface area (Å²) in [6.45, 7) is 13.3. The van der Waals surface area contributed by atoms with E-state index >= 15 is 0 Å². The van der Waals surface area contributed by atoms with Gasteiger partial charge in [-0.15, -0.1) is 17.5 Å². The zero-order chi connectivity index (χ0) is 22.1. The molecule has 2 aliphatic rings. The van der Waals surface area contributed by atoms with Gasteiger partial charge in [-0.05, 0) is 30.7 Å². The second-order valence-electron chi connectivity index (χ2n) is 9.56. The maximum absolute atomic E-state index is 3.67. The molecule has 2 aliphatic carbocycles. The second-order valence-corrected chi connectivity index (χ2v) is 9.56. The molecule has 5 rings (SSSR count). The van der Waals surface area contributed by atoms with E-state index < -0.39 is 0 Å². The van der Waals surface area contributed by atoms with Gasteiger partial charge < -0.3 is 0 Å². The van der Waals surface area contributed by atoms with Crippen LogP contribution in [0.2, 0.25) is 0 Å². The van der Waals surface area contributed by atoms with Gasteiger partial charge in [-0.25, -0.2) is 5.57 Å². The number of rotatable bonds is 3. The third-order valence-corrected chi connectivity index (χ3v) is 7.85. The molecule has 0 saturated heterocycles. The molecule has 0 fully saturated rings. The Labute approximate surface area is 214 Å². The molecule has 0 bridgehead atoms. The van der Waals surface area contributed by atoms with Crippen molar-refractivity contribution in [2.45, 2.75) is 79.6 Å². The van der Waals surface area contributed by atoms with Crippen LogP contribution in [0.15, 0.2) is 42.5 Å². The van der Waals surface area contributed by atoms with Crippen LogP contribution in [0.4, 0.5) is 0 Å². The van der Waals surface area contributed by atoms with E-state index in [0.29, 0.717) is 5.92 Å². The Morgan fingerprint density at radius 3 is 2.09 bits per heavy atom. The first-order chi connectivity index (χ1) is 14.9. The van der Waals surface area contributed by atoms with E-state index in [1.165, 1.54) is 63.8 Å². The minimum Gasteiger partial charge on any atom is -0.268 e. The minimum absolute atomic E-state index is 0. The van der Waals surface area contributed by atoms with E-state index in [0.717, 1.165) is 12.8 Å². The zero-order valence-electron chi connectivity index (χ0n) is 20.7. The first-order valence-electron chi connectivity index (χ1n) is 11.9. The molecule has 0 radical (unpaired) electrons. The van der Waals surface area contributed by atoms with Crippen LogP contribution >= 0.6 is 0 Å². The van der Waals surface area contributed by atoms with Crippen LogP contribution in [-0.2, 0) is 45.1 Å². The Bertz CT molecular complexity index is 1030. The van der Waals surface area contributed by atoms with E-state index in [1.54, 1.807) is 16.7 Å². The summed E-state index contributed by atoms with van der Waals surface area (Å²) in [5.41, 5.74) is 16.5. The van der Waals surface area contributed by atoms with Crippen LogP contribution in [-0.4, -0.2) is 0 Å². The van der Waals surface area contributed by atoms with Crippen LogP contribution in [0.3, 0.4) is 0 Å². The largest absolute Gasteiger partial charge is 0.268 e. The smallest absolute Gasteiger partial charge is 0 e. The molecule has 1 unspecified atom stereocenters. The van der Waals surface area contributed by atoms with E-state index in [9.17, 15) is 0 Å². The summed E-state index contributed by atoms with van der Waals surface area (Å²) in [5, 5.41) is 0. The van der Waals surface area contributed by atoms with Crippen molar-refractivity contribution >= 4 is 5.57 Å². The van der Waals surface area contributed by atoms with Crippen molar-refractivity contribution in [2.75, 3.05) is 0 Å². The summed E-state index contributed by atoms with van der Waals surface area (Å²) in [7, 11) is 0. The summed E-state index contributed by atoms with van der Waals surface area (Å²) in [5.74, 6) is 0.567. The molecule has 3 aromatic rings. The van der Waals surface area contributed by atoms with Gasteiger partial charge in [-0.3, -0.25) is 6.08 Å². The van der Waals surface area contributed by atoms with Gasteiger partial charge in [0.1, 0.15) is 0 Å². The average Bonchev–Trinajstić information content (AvgIpc) is 3.47. The quantitative estimate of drug-likeness (QED) is 0.215. The molecule has 0 nitrogen and oxygen atoms in total. The van der Waals surface area contributed by atoms with Gasteiger partial charge in [0, 0.05) is 25.8 Å². The number of fused-ring (bicyclic) bond motifs is 3. The fourth-order valence-electron chi connectivity index (χ4n) is 5.31. The van der Waals surface area contributed by atoms with Crippen LogP contribution in [0.25, 0.3) is 5.57 Å². The average molecular weight is 587 g/mol. The maximum Gasteiger partial charge on any atom is 0 e. The molecule has 0 amide bonds. The molecule has 3 aromatic carbocycles. The molecule has 1 heteroatoms. The summed E-state index contributed by atoms with van der Waals surface area (Å²) >= 11 is 0. The molecule has 0 spiro atoms. The third-order valence-electron chi connectivity index (χ3n) is 7.85. The van der Waals surface area contributed by atoms with Gasteiger partial charge in [-0.2, -0.15) is 33.4 Å². The predicted octanol–water partition coefficient (Wildman–Crippen LogP) is 8.06. The van der Waals surface area contributed by atoms with E-state index in [2.05, 4.69) is 90.1 Å². The Morgan fingerprint density at radius 1 is 0.875 bits per heavy atom. The van der Waals surface area contributed by atoms with Gasteiger partial charge in [0.15, 0.2) is 0 Å². The zero-order valence-corrected chi connectivity index (χ0v) is 24.2. The number of allylic oxidation sites excluding steroid dienone is 2. The van der Waals surface area contributed by atoms with Crippen LogP contribution in [0.5, 0.6) is 0 Å². The summed E-state index contributed by atoms with van der Waals surface area (Å²) in [6.07, 6.45) is 9.66. The van der Waals surface area contributed by atoms with Crippen LogP contribution < -0.4 is 0 Å². The molecule has 166 valence electrons. The number of hydrogen-bond donors (Lipinski definition) is 0. The van der Waals surface area contributed by atoms with Crippen molar-refractivity contribution < 1.29 is 25.8 Å². The fourth-order valence-corrected chi connectivity index (χ4v) is 5.31. The number of hydrogen-bond acceptors (Lipinski definition) is 0. The van der Waals surface area contributed by atoms with Crippen LogP contribution in [0, 0.1) is 40.7 Å². The van der Waals surface area contributed by atoms with Gasteiger partial charge >= 0.3 is 0 Å². The molecule has 0 aliphatic heterocycles. The van der Waals surface area contributed by atoms with Gasteiger partial charge in [0.2, 0.25) is 0 Å². The summed E-state index contributed by atoms with van der Waals surface area (Å²) in [4.78, 5) is 0. The van der Waals surface area contributed by atoms with Crippen molar-refractivity contribution in [1.29, 1.82) is 0 Å². The monoisotopic (exact) mass is 588 g/mol. The normalized spacial score (nSPS) is 14.6. The molecular formula is C31H36Hf-2. The maximum atomic E-state index is 3.67. The van der Waals surface area contributed by atoms with Gasteiger partial charge in [0.25, 0.3) is 0 Å². The Balaban J connectivity index is 0.000000224. The first-order valence-corrected chi connectivity index (χ1v) is 11.9. The van der Waals surface area contributed by atoms with E-state index in [1.807, 2.05) is 0 Å². The Kier molecular flexibility index (Phi) is 8.26. The Hall–Kier alpha value is -1.60. The second kappa shape index (κ2) is 10.6. The van der Waals surface area contributed by atoms with Crippen molar-refractivity contribution in [3.05, 3.63) is 104 Å². The molecule has 1 atom stereocenters. The summed E-state index contributed by atoms with van der Waals surface area (Å²) in [6, 6.07) is 15.6. The fraction of sp³-hybridized carbons (Fsp3) is 0.387. The molecule has 32 heavy (non-hydrogen) atoms. The third kappa shape index (κ3) is 4.84. The van der Waals surface area contributed by atoms with Gasteiger partial charge in [-0.1, -0.05) is 96.0 Å². The SMILES string of the molecule is CC(CC1=[C-]Cc2ccc3c(c21)CCC3)c1ccccc1.Cc1c(C)c(C)[c-](C)c1C.[Hf]. The van der Waals surface area contributed by atoms with E-state index in [4.69, 9.17) is 0 Å².